The molecule has 0 amide bonds. The minimum absolute atomic E-state index is 0.201. The molecule has 104 valence electrons. The maximum atomic E-state index is 5.94. The molecule has 0 saturated heterocycles. The summed E-state index contributed by atoms with van der Waals surface area (Å²) in [6.07, 6.45) is -0.201. The molecule has 0 unspecified atom stereocenters. The fraction of sp³-hybridized carbons (Fsp3) is 0.0667. The monoisotopic (exact) mass is 342 g/mol. The van der Waals surface area contributed by atoms with E-state index in [2.05, 4.69) is 47.9 Å². The third kappa shape index (κ3) is 1.91. The molecule has 2 heterocycles. The number of aliphatic imine (C=N–C) groups is 1. The first kappa shape index (κ1) is 12.4. The Labute approximate surface area is 129 Å². The van der Waals surface area contributed by atoms with Crippen molar-refractivity contribution in [2.75, 3.05) is 5.32 Å². The van der Waals surface area contributed by atoms with Crippen LogP contribution in [-0.4, -0.2) is 10.9 Å². The highest BCUT2D eigenvalue weighted by Gasteiger charge is 2.31. The number of hydrogen-bond donors (Lipinski definition) is 3. The van der Waals surface area contributed by atoms with Crippen LogP contribution in [0.2, 0.25) is 0 Å². The Kier molecular flexibility index (Phi) is 2.71. The van der Waals surface area contributed by atoms with Gasteiger partial charge in [0.15, 0.2) is 0 Å². The van der Waals surface area contributed by atoms with Gasteiger partial charge in [-0.2, -0.15) is 4.99 Å². The van der Waals surface area contributed by atoms with Crippen LogP contribution in [0.15, 0.2) is 58.0 Å². The first-order valence-corrected chi connectivity index (χ1v) is 7.40. The number of para-hydroxylation sites is 2. The van der Waals surface area contributed by atoms with Gasteiger partial charge in [0.25, 0.3) is 5.96 Å². The smallest absolute Gasteiger partial charge is 0.357 e. The van der Waals surface area contributed by atoms with Gasteiger partial charge in [-0.3, -0.25) is 0 Å². The van der Waals surface area contributed by atoms with Gasteiger partial charge in [-0.15, -0.1) is 0 Å². The maximum absolute atomic E-state index is 5.94. The minimum Gasteiger partial charge on any atom is -0.357 e. The lowest BCUT2D eigenvalue weighted by Gasteiger charge is -2.19. The van der Waals surface area contributed by atoms with E-state index in [1.807, 2.05) is 36.4 Å². The van der Waals surface area contributed by atoms with Gasteiger partial charge in [-0.25, -0.2) is 14.9 Å². The molecule has 4 rings (SSSR count). The summed E-state index contributed by atoms with van der Waals surface area (Å²) in [6.45, 7) is 0. The van der Waals surface area contributed by atoms with Crippen LogP contribution in [0.5, 0.6) is 0 Å². The van der Waals surface area contributed by atoms with Gasteiger partial charge >= 0.3 is 5.95 Å². The number of H-pyrrole nitrogens is 1. The van der Waals surface area contributed by atoms with Crippen LogP contribution in [0.1, 0.15) is 11.7 Å². The van der Waals surface area contributed by atoms with Gasteiger partial charge < -0.3 is 5.73 Å². The molecule has 1 aliphatic heterocycles. The Morgan fingerprint density at radius 2 is 1.86 bits per heavy atom. The number of benzene rings is 2. The predicted molar refractivity (Wildman–Crippen MR) is 86.0 cm³/mol. The second kappa shape index (κ2) is 4.60. The molecule has 0 bridgehead atoms. The number of rotatable bonds is 1. The summed E-state index contributed by atoms with van der Waals surface area (Å²) in [5.41, 5.74) is 9.13. The third-order valence-corrected chi connectivity index (χ3v) is 4.32. The van der Waals surface area contributed by atoms with E-state index in [4.69, 9.17) is 5.73 Å². The largest absolute Gasteiger partial charge is 0.365 e. The second-order valence-electron chi connectivity index (χ2n) is 4.90. The molecule has 1 atom stereocenters. The van der Waals surface area contributed by atoms with Gasteiger partial charge in [0.2, 0.25) is 6.17 Å². The minimum atomic E-state index is -0.201. The Morgan fingerprint density at radius 3 is 2.71 bits per heavy atom. The number of guanidine groups is 1. The standard InChI is InChI=1S/C15H12BrN5/c16-10-6-2-1-5-9(10)13-19-14(17)20-15-18-11-7-3-4-8-12(11)21(13)15/h1-8,13H,(H3,17,18,19,20)/p+1/t13-/m0/s1. The molecular formula is C15H13BrN5+. The average Bonchev–Trinajstić information content (AvgIpc) is 2.85. The van der Waals surface area contributed by atoms with Crippen molar-refractivity contribution in [1.29, 1.82) is 0 Å². The molecule has 1 aromatic heterocycles. The van der Waals surface area contributed by atoms with Crippen molar-refractivity contribution in [1.82, 2.24) is 4.98 Å². The van der Waals surface area contributed by atoms with Crippen molar-refractivity contribution in [3.8, 4) is 0 Å². The lowest BCUT2D eigenvalue weighted by Crippen LogP contribution is -2.48. The van der Waals surface area contributed by atoms with Crippen LogP contribution in [-0.2, 0) is 0 Å². The predicted octanol–water partition coefficient (Wildman–Crippen LogP) is 2.50. The molecule has 6 heteroatoms. The molecule has 1 aliphatic rings. The number of hydrogen-bond acceptors (Lipinski definition) is 3. The number of halogens is 1. The summed E-state index contributed by atoms with van der Waals surface area (Å²) in [4.78, 5) is 7.91. The molecule has 4 N–H and O–H groups in total. The van der Waals surface area contributed by atoms with Crippen molar-refractivity contribution in [2.24, 2.45) is 10.7 Å². The molecule has 5 nitrogen and oxygen atoms in total. The van der Waals surface area contributed by atoms with Crippen LogP contribution >= 0.6 is 15.9 Å². The van der Waals surface area contributed by atoms with E-state index in [-0.39, 0.29) is 6.17 Å². The van der Waals surface area contributed by atoms with Crippen molar-refractivity contribution >= 4 is 38.9 Å². The molecule has 21 heavy (non-hydrogen) atoms. The van der Waals surface area contributed by atoms with Crippen molar-refractivity contribution in [2.45, 2.75) is 6.17 Å². The molecule has 0 aliphatic carbocycles. The zero-order valence-corrected chi connectivity index (χ0v) is 12.6. The van der Waals surface area contributed by atoms with Gasteiger partial charge in [0.05, 0.1) is 0 Å². The first-order chi connectivity index (χ1) is 10.2. The van der Waals surface area contributed by atoms with Gasteiger partial charge in [0, 0.05) is 10.0 Å². The number of nitrogens with zero attached hydrogens (tertiary/aromatic N) is 2. The fourth-order valence-corrected chi connectivity index (χ4v) is 3.17. The van der Waals surface area contributed by atoms with Crippen LogP contribution in [0.25, 0.3) is 11.0 Å². The van der Waals surface area contributed by atoms with E-state index in [1.165, 1.54) is 0 Å². The van der Waals surface area contributed by atoms with E-state index in [1.54, 1.807) is 0 Å². The average molecular weight is 343 g/mol. The number of imidazole rings is 1. The van der Waals surface area contributed by atoms with Crippen LogP contribution < -0.4 is 15.6 Å². The SMILES string of the molecule is NC1=N[C@H](c2ccccc2Br)[n+]2c([nH]c3ccccc32)N1. The van der Waals surface area contributed by atoms with E-state index >= 15 is 0 Å². The highest BCUT2D eigenvalue weighted by atomic mass is 79.9. The zero-order chi connectivity index (χ0) is 14.4. The van der Waals surface area contributed by atoms with E-state index in [9.17, 15) is 0 Å². The summed E-state index contributed by atoms with van der Waals surface area (Å²) < 4.78 is 3.13. The molecule has 0 saturated carbocycles. The summed E-state index contributed by atoms with van der Waals surface area (Å²) in [5.74, 6) is 1.24. The molecular weight excluding hydrogens is 330 g/mol. The van der Waals surface area contributed by atoms with E-state index < -0.39 is 0 Å². The van der Waals surface area contributed by atoms with Crippen molar-refractivity contribution in [3.05, 3.63) is 58.6 Å². The number of nitrogens with one attached hydrogen (secondary N) is 2. The number of aromatic nitrogens is 2. The number of fused-ring (bicyclic) bond motifs is 3. The van der Waals surface area contributed by atoms with Gasteiger partial charge in [-0.05, 0) is 18.2 Å². The number of anilines is 1. The normalized spacial score (nSPS) is 17.2. The molecule has 3 aromatic rings. The lowest BCUT2D eigenvalue weighted by atomic mass is 10.1. The Morgan fingerprint density at radius 1 is 1.10 bits per heavy atom. The summed E-state index contributed by atoms with van der Waals surface area (Å²) in [5, 5.41) is 3.09. The van der Waals surface area contributed by atoms with Crippen LogP contribution in [0.4, 0.5) is 5.95 Å². The number of aromatic amines is 1. The van der Waals surface area contributed by atoms with Crippen LogP contribution in [0, 0.1) is 0 Å². The van der Waals surface area contributed by atoms with Crippen LogP contribution in [0.3, 0.4) is 0 Å². The van der Waals surface area contributed by atoms with Crippen molar-refractivity contribution < 1.29 is 4.57 Å². The van der Waals surface area contributed by atoms with E-state index in [0.717, 1.165) is 27.0 Å². The Hall–Kier alpha value is -2.34. The quantitative estimate of drug-likeness (QED) is 0.594. The van der Waals surface area contributed by atoms with Crippen molar-refractivity contribution in [3.63, 3.8) is 0 Å². The molecule has 2 aromatic carbocycles. The summed E-state index contributed by atoms with van der Waals surface area (Å²) in [6, 6.07) is 16.2. The van der Waals surface area contributed by atoms with E-state index in [0.29, 0.717) is 5.96 Å². The molecule has 0 radical (unpaired) electrons. The molecule has 0 spiro atoms. The van der Waals surface area contributed by atoms with Gasteiger partial charge in [-0.1, -0.05) is 46.3 Å². The second-order valence-corrected chi connectivity index (χ2v) is 5.75. The van der Waals surface area contributed by atoms with Gasteiger partial charge in [0.1, 0.15) is 11.0 Å². The first-order valence-electron chi connectivity index (χ1n) is 6.61. The fourth-order valence-electron chi connectivity index (χ4n) is 2.68. The zero-order valence-electron chi connectivity index (χ0n) is 11.0. The maximum Gasteiger partial charge on any atom is 0.365 e. The lowest BCUT2D eigenvalue weighted by molar-refractivity contribution is -0.674. The summed E-state index contributed by atoms with van der Waals surface area (Å²) >= 11 is 3.60. The topological polar surface area (TPSA) is 70.1 Å². The molecule has 0 fully saturated rings. The Balaban J connectivity index is 2.00. The highest BCUT2D eigenvalue weighted by molar-refractivity contribution is 9.10. The third-order valence-electron chi connectivity index (χ3n) is 3.59. The highest BCUT2D eigenvalue weighted by Crippen LogP contribution is 2.28. The number of nitrogens with two attached hydrogens (primary N) is 1. The summed E-state index contributed by atoms with van der Waals surface area (Å²) in [7, 11) is 0. The Bertz CT molecular complexity index is 867.